The van der Waals surface area contributed by atoms with Crippen molar-refractivity contribution < 1.29 is 14.6 Å². The van der Waals surface area contributed by atoms with E-state index in [-0.39, 0.29) is 5.69 Å². The number of rotatable bonds is 2. The molecular formula is C6H7IN2O3. The van der Waals surface area contributed by atoms with Crippen LogP contribution in [-0.4, -0.2) is 28.0 Å². The van der Waals surface area contributed by atoms with Gasteiger partial charge in [-0.1, -0.05) is 0 Å². The zero-order valence-electron chi connectivity index (χ0n) is 6.54. The molecule has 0 radical (unpaired) electrons. The lowest BCUT2D eigenvalue weighted by Crippen LogP contribution is -2.00. The van der Waals surface area contributed by atoms with Gasteiger partial charge in [0.1, 0.15) is 3.57 Å². The molecule has 0 aliphatic rings. The molecule has 1 N–H and O–H groups in total. The van der Waals surface area contributed by atoms with Crippen LogP contribution in [0.3, 0.4) is 0 Å². The predicted molar refractivity (Wildman–Crippen MR) is 49.4 cm³/mol. The van der Waals surface area contributed by atoms with Crippen molar-refractivity contribution in [3.63, 3.8) is 0 Å². The Hall–Kier alpha value is -0.790. The van der Waals surface area contributed by atoms with Crippen LogP contribution >= 0.6 is 22.6 Å². The summed E-state index contributed by atoms with van der Waals surface area (Å²) in [4.78, 5) is 10.6. The number of halogens is 1. The van der Waals surface area contributed by atoms with Crippen molar-refractivity contribution in [3.8, 4) is 5.88 Å². The van der Waals surface area contributed by atoms with E-state index in [0.29, 0.717) is 9.45 Å². The first-order valence-corrected chi connectivity index (χ1v) is 4.15. The van der Waals surface area contributed by atoms with Gasteiger partial charge in [-0.05, 0) is 22.6 Å². The van der Waals surface area contributed by atoms with Crippen molar-refractivity contribution in [2.75, 3.05) is 7.11 Å². The third-order valence-electron chi connectivity index (χ3n) is 1.34. The highest BCUT2D eigenvalue weighted by molar-refractivity contribution is 14.1. The van der Waals surface area contributed by atoms with Gasteiger partial charge >= 0.3 is 5.97 Å². The van der Waals surface area contributed by atoms with Crippen LogP contribution in [0.4, 0.5) is 0 Å². The summed E-state index contributed by atoms with van der Waals surface area (Å²) >= 11 is 1.89. The molecule has 66 valence electrons. The van der Waals surface area contributed by atoms with Crippen LogP contribution in [0.2, 0.25) is 0 Å². The number of carbonyl (C=O) groups is 1. The van der Waals surface area contributed by atoms with E-state index in [1.165, 1.54) is 11.8 Å². The van der Waals surface area contributed by atoms with Gasteiger partial charge in [0.05, 0.1) is 7.11 Å². The van der Waals surface area contributed by atoms with Crippen molar-refractivity contribution in [3.05, 3.63) is 9.26 Å². The highest BCUT2D eigenvalue weighted by Gasteiger charge is 2.19. The third-order valence-corrected chi connectivity index (χ3v) is 2.31. The number of carboxylic acid groups (broad SMARTS) is 1. The van der Waals surface area contributed by atoms with E-state index in [1.54, 1.807) is 7.05 Å². The Morgan fingerprint density at radius 1 is 1.75 bits per heavy atom. The van der Waals surface area contributed by atoms with E-state index in [1.807, 2.05) is 22.6 Å². The smallest absolute Gasteiger partial charge is 0.357 e. The fourth-order valence-electron chi connectivity index (χ4n) is 0.841. The van der Waals surface area contributed by atoms with Gasteiger partial charge in [0.25, 0.3) is 0 Å². The van der Waals surface area contributed by atoms with E-state index in [2.05, 4.69) is 5.10 Å². The van der Waals surface area contributed by atoms with Gasteiger partial charge in [0.15, 0.2) is 5.69 Å². The van der Waals surface area contributed by atoms with Crippen LogP contribution in [0, 0.1) is 3.57 Å². The topological polar surface area (TPSA) is 64.3 Å². The first-order valence-electron chi connectivity index (χ1n) is 3.07. The molecule has 5 nitrogen and oxygen atoms in total. The molecule has 0 bridgehead atoms. The third kappa shape index (κ3) is 1.38. The highest BCUT2D eigenvalue weighted by atomic mass is 127. The minimum atomic E-state index is -1.04. The summed E-state index contributed by atoms with van der Waals surface area (Å²) in [6.45, 7) is 0. The van der Waals surface area contributed by atoms with E-state index in [4.69, 9.17) is 9.84 Å². The molecule has 0 saturated carbocycles. The van der Waals surface area contributed by atoms with Crippen LogP contribution in [0.25, 0.3) is 0 Å². The van der Waals surface area contributed by atoms with Gasteiger partial charge in [-0.15, -0.1) is 0 Å². The second-order valence-corrected chi connectivity index (χ2v) is 3.18. The molecule has 0 amide bonds. The summed E-state index contributed by atoms with van der Waals surface area (Å²) < 4.78 is 6.85. The Morgan fingerprint density at radius 3 is 2.58 bits per heavy atom. The van der Waals surface area contributed by atoms with Gasteiger partial charge in [0.2, 0.25) is 5.88 Å². The number of ether oxygens (including phenoxy) is 1. The van der Waals surface area contributed by atoms with Crippen LogP contribution in [-0.2, 0) is 7.05 Å². The lowest BCUT2D eigenvalue weighted by Gasteiger charge is -1.97. The first kappa shape index (κ1) is 9.30. The molecule has 0 aliphatic heterocycles. The van der Waals surface area contributed by atoms with Crippen molar-refractivity contribution in [2.24, 2.45) is 7.05 Å². The fourth-order valence-corrected chi connectivity index (χ4v) is 1.75. The Kier molecular flexibility index (Phi) is 2.55. The Morgan fingerprint density at radius 2 is 2.33 bits per heavy atom. The normalized spacial score (nSPS) is 9.92. The first-order chi connectivity index (χ1) is 5.57. The highest BCUT2D eigenvalue weighted by Crippen LogP contribution is 2.22. The molecule has 6 heteroatoms. The molecule has 0 saturated heterocycles. The van der Waals surface area contributed by atoms with Crippen LogP contribution in [0.15, 0.2) is 0 Å². The summed E-state index contributed by atoms with van der Waals surface area (Å²) in [5.74, 6) is -0.577. The minimum Gasteiger partial charge on any atom is -0.480 e. The zero-order valence-corrected chi connectivity index (χ0v) is 8.69. The maximum Gasteiger partial charge on any atom is 0.357 e. The zero-order chi connectivity index (χ0) is 9.30. The SMILES string of the molecule is COc1c(I)c(C(=O)O)nn1C. The summed E-state index contributed by atoms with van der Waals surface area (Å²) in [6, 6.07) is 0. The number of aromatic nitrogens is 2. The molecule has 0 unspecified atom stereocenters. The van der Waals surface area contributed by atoms with Crippen LogP contribution in [0.5, 0.6) is 5.88 Å². The number of methoxy groups -OCH3 is 1. The standard InChI is InChI=1S/C6H7IN2O3/c1-9-5(12-2)3(7)4(8-9)6(10)11/h1-2H3,(H,10,11). The van der Waals surface area contributed by atoms with E-state index >= 15 is 0 Å². The summed E-state index contributed by atoms with van der Waals surface area (Å²) in [5, 5.41) is 12.4. The van der Waals surface area contributed by atoms with Gasteiger partial charge in [-0.2, -0.15) is 5.10 Å². The van der Waals surface area contributed by atoms with Gasteiger partial charge in [-0.25, -0.2) is 9.48 Å². The molecule has 1 heterocycles. The number of aryl methyl sites for hydroxylation is 1. The Labute approximate surface area is 82.5 Å². The molecule has 1 rings (SSSR count). The predicted octanol–water partition coefficient (Wildman–Crippen LogP) is 0.732. The number of aromatic carboxylic acids is 1. The number of hydrogen-bond acceptors (Lipinski definition) is 3. The van der Waals surface area contributed by atoms with Crippen LogP contribution in [0.1, 0.15) is 10.5 Å². The molecule has 0 aliphatic carbocycles. The lowest BCUT2D eigenvalue weighted by atomic mass is 10.4. The second kappa shape index (κ2) is 3.30. The second-order valence-electron chi connectivity index (χ2n) is 2.10. The number of carboxylic acids is 1. The van der Waals surface area contributed by atoms with Gasteiger partial charge < -0.3 is 9.84 Å². The molecule has 0 spiro atoms. The van der Waals surface area contributed by atoms with E-state index in [9.17, 15) is 4.79 Å². The van der Waals surface area contributed by atoms with Crippen LogP contribution < -0.4 is 4.74 Å². The molecule has 12 heavy (non-hydrogen) atoms. The molecule has 1 aromatic rings. The monoisotopic (exact) mass is 282 g/mol. The average Bonchev–Trinajstić information content (AvgIpc) is 2.27. The maximum absolute atomic E-state index is 10.6. The van der Waals surface area contributed by atoms with E-state index < -0.39 is 5.97 Å². The number of hydrogen-bond donors (Lipinski definition) is 1. The van der Waals surface area contributed by atoms with E-state index in [0.717, 1.165) is 0 Å². The maximum atomic E-state index is 10.6. The molecular weight excluding hydrogens is 275 g/mol. The Balaban J connectivity index is 3.26. The quantitative estimate of drug-likeness (QED) is 0.812. The molecule has 0 fully saturated rings. The van der Waals surface area contributed by atoms with Crippen molar-refractivity contribution >= 4 is 28.6 Å². The fraction of sp³-hybridized carbons (Fsp3) is 0.333. The largest absolute Gasteiger partial charge is 0.480 e. The number of nitrogens with zero attached hydrogens (tertiary/aromatic N) is 2. The summed E-state index contributed by atoms with van der Waals surface area (Å²) in [7, 11) is 3.11. The molecule has 0 atom stereocenters. The molecule has 1 aromatic heterocycles. The Bertz CT molecular complexity index is 321. The minimum absolute atomic E-state index is 0.0231. The van der Waals surface area contributed by atoms with Gasteiger partial charge in [-0.3, -0.25) is 0 Å². The van der Waals surface area contributed by atoms with Crippen molar-refractivity contribution in [1.82, 2.24) is 9.78 Å². The summed E-state index contributed by atoms with van der Waals surface area (Å²) in [5.41, 5.74) is 0.0231. The van der Waals surface area contributed by atoms with Crippen molar-refractivity contribution in [2.45, 2.75) is 0 Å². The van der Waals surface area contributed by atoms with Gasteiger partial charge in [0, 0.05) is 7.05 Å². The molecule has 0 aromatic carbocycles. The van der Waals surface area contributed by atoms with Crippen molar-refractivity contribution in [1.29, 1.82) is 0 Å². The average molecular weight is 282 g/mol. The summed E-state index contributed by atoms with van der Waals surface area (Å²) in [6.07, 6.45) is 0. The lowest BCUT2D eigenvalue weighted by molar-refractivity contribution is 0.0688.